The Balaban J connectivity index is 1.72. The minimum atomic E-state index is -4.87. The standard InChI is InChI=1S/C31H33F4N3O6S/c1-42-16-21(17-43-2)38(28(39)20-7-4-3-5-8-20)25-15-24(32)27(14-22(25)29(40)41)44-26-10-9-19(13-23(26)31(33,34)35)18-45-30-36-11-6-12-37-30/h6,9-15,20-21H,3-5,7-8,16-18H2,1-2H3,(H,40,41). The smallest absolute Gasteiger partial charge is 0.419 e. The number of carboxylic acid groups (broad SMARTS) is 1. The summed E-state index contributed by atoms with van der Waals surface area (Å²) in [5, 5.41) is 10.5. The van der Waals surface area contributed by atoms with Gasteiger partial charge in [-0.05, 0) is 36.6 Å². The van der Waals surface area contributed by atoms with E-state index >= 15 is 4.39 Å². The Kier molecular flexibility index (Phi) is 11.8. The van der Waals surface area contributed by atoms with Gasteiger partial charge in [-0.2, -0.15) is 13.2 Å². The number of ether oxygens (including phenoxy) is 3. The van der Waals surface area contributed by atoms with E-state index in [9.17, 15) is 27.9 Å². The van der Waals surface area contributed by atoms with Crippen LogP contribution in [0.25, 0.3) is 0 Å². The summed E-state index contributed by atoms with van der Waals surface area (Å²) in [4.78, 5) is 35.5. The summed E-state index contributed by atoms with van der Waals surface area (Å²) in [6.07, 6.45) is 1.92. The molecule has 0 aliphatic heterocycles. The fourth-order valence-electron chi connectivity index (χ4n) is 5.22. The lowest BCUT2D eigenvalue weighted by Gasteiger charge is -2.35. The van der Waals surface area contributed by atoms with Crippen molar-refractivity contribution in [1.82, 2.24) is 9.97 Å². The van der Waals surface area contributed by atoms with E-state index in [4.69, 9.17) is 14.2 Å². The number of carboxylic acids is 1. The number of halogens is 4. The highest BCUT2D eigenvalue weighted by atomic mass is 32.2. The largest absolute Gasteiger partial charge is 0.478 e. The highest BCUT2D eigenvalue weighted by Crippen LogP contribution is 2.41. The van der Waals surface area contributed by atoms with Crippen LogP contribution in [0.4, 0.5) is 23.2 Å². The summed E-state index contributed by atoms with van der Waals surface area (Å²) in [7, 11) is 2.80. The van der Waals surface area contributed by atoms with Crippen molar-refractivity contribution in [3.63, 3.8) is 0 Å². The van der Waals surface area contributed by atoms with Crippen molar-refractivity contribution < 1.29 is 46.5 Å². The van der Waals surface area contributed by atoms with Gasteiger partial charge in [-0.15, -0.1) is 0 Å². The van der Waals surface area contributed by atoms with E-state index in [1.807, 2.05) is 0 Å². The van der Waals surface area contributed by atoms with Gasteiger partial charge in [0.25, 0.3) is 0 Å². The Bertz CT molecular complexity index is 1470. The van der Waals surface area contributed by atoms with Gasteiger partial charge in [-0.3, -0.25) is 4.79 Å². The number of alkyl halides is 3. The first kappa shape index (κ1) is 34.1. The number of carbonyl (C=O) groups is 2. The first-order valence-corrected chi connectivity index (χ1v) is 15.2. The van der Waals surface area contributed by atoms with E-state index in [1.54, 1.807) is 6.07 Å². The van der Waals surface area contributed by atoms with E-state index in [1.165, 1.54) is 37.6 Å². The zero-order valence-corrected chi connectivity index (χ0v) is 25.5. The fourth-order valence-corrected chi connectivity index (χ4v) is 5.97. The van der Waals surface area contributed by atoms with E-state index in [2.05, 4.69) is 9.97 Å². The van der Waals surface area contributed by atoms with Gasteiger partial charge >= 0.3 is 12.1 Å². The maximum absolute atomic E-state index is 15.7. The first-order valence-electron chi connectivity index (χ1n) is 14.2. The van der Waals surface area contributed by atoms with Crippen LogP contribution in [-0.4, -0.2) is 60.4 Å². The molecule has 0 spiro atoms. The van der Waals surface area contributed by atoms with Gasteiger partial charge in [-0.1, -0.05) is 37.1 Å². The summed E-state index contributed by atoms with van der Waals surface area (Å²) < 4.78 is 73.9. The molecule has 4 rings (SSSR count). The van der Waals surface area contributed by atoms with Gasteiger partial charge in [0.1, 0.15) is 5.75 Å². The zero-order chi connectivity index (χ0) is 32.6. The second-order valence-corrected chi connectivity index (χ2v) is 11.4. The molecule has 1 saturated carbocycles. The average molecular weight is 652 g/mol. The van der Waals surface area contributed by atoms with Crippen LogP contribution in [0.5, 0.6) is 11.5 Å². The maximum atomic E-state index is 15.7. The lowest BCUT2D eigenvalue weighted by atomic mass is 9.87. The Morgan fingerprint density at radius 2 is 1.69 bits per heavy atom. The number of rotatable bonds is 13. The highest BCUT2D eigenvalue weighted by molar-refractivity contribution is 7.98. The lowest BCUT2D eigenvalue weighted by Crippen LogP contribution is -2.49. The molecule has 1 heterocycles. The predicted molar refractivity (Wildman–Crippen MR) is 158 cm³/mol. The number of hydrogen-bond acceptors (Lipinski definition) is 8. The third-order valence-corrected chi connectivity index (χ3v) is 8.24. The number of anilines is 1. The number of benzene rings is 2. The van der Waals surface area contributed by atoms with Crippen molar-refractivity contribution >= 4 is 29.3 Å². The van der Waals surface area contributed by atoms with Crippen LogP contribution in [0.3, 0.4) is 0 Å². The van der Waals surface area contributed by atoms with Crippen LogP contribution in [0.15, 0.2) is 53.9 Å². The molecular formula is C31H33F4N3O6S. The zero-order valence-electron chi connectivity index (χ0n) is 24.7. The molecule has 0 bridgehead atoms. The molecule has 45 heavy (non-hydrogen) atoms. The van der Waals surface area contributed by atoms with Crippen molar-refractivity contribution in [3.05, 3.63) is 71.3 Å². The number of nitrogens with zero attached hydrogens (tertiary/aromatic N) is 3. The molecule has 242 valence electrons. The molecule has 2 aromatic carbocycles. The topological polar surface area (TPSA) is 111 Å². The first-order chi connectivity index (χ1) is 21.5. The molecule has 0 radical (unpaired) electrons. The normalized spacial score (nSPS) is 14.0. The van der Waals surface area contributed by atoms with Gasteiger partial charge < -0.3 is 24.2 Å². The Hall–Kier alpha value is -3.75. The Morgan fingerprint density at radius 3 is 2.29 bits per heavy atom. The number of hydrogen-bond donors (Lipinski definition) is 1. The van der Waals surface area contributed by atoms with Crippen molar-refractivity contribution in [1.29, 1.82) is 0 Å². The molecule has 1 aromatic heterocycles. The Labute approximate surface area is 261 Å². The van der Waals surface area contributed by atoms with Crippen molar-refractivity contribution in [3.8, 4) is 11.5 Å². The average Bonchev–Trinajstić information content (AvgIpc) is 3.02. The molecule has 1 amide bonds. The van der Waals surface area contributed by atoms with E-state index in [-0.39, 0.29) is 30.2 Å². The van der Waals surface area contributed by atoms with Gasteiger partial charge in [0, 0.05) is 50.4 Å². The predicted octanol–water partition coefficient (Wildman–Crippen LogP) is 6.99. The van der Waals surface area contributed by atoms with Crippen molar-refractivity contribution in [2.45, 2.75) is 55.2 Å². The third kappa shape index (κ3) is 8.70. The summed E-state index contributed by atoms with van der Waals surface area (Å²) >= 11 is 1.13. The van der Waals surface area contributed by atoms with E-state index in [0.717, 1.165) is 55.3 Å². The number of thioether (sulfide) groups is 1. The van der Waals surface area contributed by atoms with Gasteiger partial charge in [-0.25, -0.2) is 19.2 Å². The minimum absolute atomic E-state index is 0.0405. The molecule has 3 aromatic rings. The molecular weight excluding hydrogens is 618 g/mol. The summed E-state index contributed by atoms with van der Waals surface area (Å²) in [6.45, 7) is -0.0809. The van der Waals surface area contributed by atoms with Crippen LogP contribution in [0.2, 0.25) is 0 Å². The molecule has 9 nitrogen and oxygen atoms in total. The minimum Gasteiger partial charge on any atom is -0.478 e. The molecule has 1 aliphatic carbocycles. The fraction of sp³-hybridized carbons (Fsp3) is 0.419. The number of carbonyl (C=O) groups excluding carboxylic acids is 1. The van der Waals surface area contributed by atoms with Gasteiger partial charge in [0.15, 0.2) is 16.7 Å². The second kappa shape index (κ2) is 15.5. The van der Waals surface area contributed by atoms with E-state index in [0.29, 0.717) is 18.0 Å². The molecule has 0 saturated heterocycles. The van der Waals surface area contributed by atoms with Crippen molar-refractivity contribution in [2.24, 2.45) is 5.92 Å². The molecule has 0 unspecified atom stereocenters. The van der Waals surface area contributed by atoms with Crippen molar-refractivity contribution in [2.75, 3.05) is 32.3 Å². The molecule has 1 aliphatic rings. The maximum Gasteiger partial charge on any atom is 0.419 e. The molecule has 14 heteroatoms. The van der Waals surface area contributed by atoms with E-state index < -0.39 is 58.5 Å². The number of aromatic carboxylic acids is 1. The van der Waals surface area contributed by atoms with Gasteiger partial charge in [0.05, 0.1) is 36.1 Å². The molecule has 0 atom stereocenters. The number of methoxy groups -OCH3 is 2. The third-order valence-electron chi connectivity index (χ3n) is 7.29. The molecule has 1 fully saturated rings. The summed E-state index contributed by atoms with van der Waals surface area (Å²) in [5.74, 6) is -4.86. The second-order valence-electron chi connectivity index (χ2n) is 10.5. The summed E-state index contributed by atoms with van der Waals surface area (Å²) in [6, 6.07) is 5.71. The van der Waals surface area contributed by atoms with Crippen LogP contribution in [0, 0.1) is 11.7 Å². The monoisotopic (exact) mass is 651 g/mol. The van der Waals surface area contributed by atoms with Crippen LogP contribution in [-0.2, 0) is 26.2 Å². The lowest BCUT2D eigenvalue weighted by molar-refractivity contribution is -0.138. The Morgan fingerprint density at radius 1 is 1.02 bits per heavy atom. The number of aromatic nitrogens is 2. The quantitative estimate of drug-likeness (QED) is 0.119. The van der Waals surface area contributed by atoms with Crippen LogP contribution in [0.1, 0.15) is 53.6 Å². The van der Waals surface area contributed by atoms with Crippen LogP contribution >= 0.6 is 11.8 Å². The summed E-state index contributed by atoms with van der Waals surface area (Å²) in [5.41, 5.74) is -1.69. The number of amides is 1. The van der Waals surface area contributed by atoms with Gasteiger partial charge in [0.2, 0.25) is 5.91 Å². The molecule has 1 N–H and O–H groups in total. The SMILES string of the molecule is COCC(COC)N(C(=O)C1CCCCC1)c1cc(F)c(Oc2ccc(CSc3ncccn3)cc2C(F)(F)F)cc1C(=O)O. The van der Waals surface area contributed by atoms with Crippen LogP contribution < -0.4 is 9.64 Å². The highest BCUT2D eigenvalue weighted by Gasteiger charge is 2.37.